The van der Waals surface area contributed by atoms with Crippen molar-refractivity contribution in [1.29, 1.82) is 0 Å². The van der Waals surface area contributed by atoms with Crippen LogP contribution in [0.2, 0.25) is 5.02 Å². The van der Waals surface area contributed by atoms with Gasteiger partial charge in [-0.15, -0.1) is 12.4 Å². The number of nitrogens with one attached hydrogen (secondary N) is 2. The van der Waals surface area contributed by atoms with Gasteiger partial charge in [-0.3, -0.25) is 14.6 Å². The molecule has 5 rings (SSSR count). The predicted octanol–water partition coefficient (Wildman–Crippen LogP) is 7.44. The van der Waals surface area contributed by atoms with Crippen molar-refractivity contribution < 1.29 is 28.2 Å². The summed E-state index contributed by atoms with van der Waals surface area (Å²) in [7, 11) is 1.56. The number of methoxy groups -OCH3 is 1. The summed E-state index contributed by atoms with van der Waals surface area (Å²) in [5.41, 5.74) is 2.91. The number of halogens is 3. The van der Waals surface area contributed by atoms with Crippen molar-refractivity contribution in [1.82, 2.24) is 15.6 Å². The van der Waals surface area contributed by atoms with Crippen molar-refractivity contribution in [3.05, 3.63) is 118 Å². The minimum atomic E-state index is -1.17. The van der Waals surface area contributed by atoms with Gasteiger partial charge in [-0.05, 0) is 60.8 Å². The fourth-order valence-corrected chi connectivity index (χ4v) is 6.01. The molecule has 51 heavy (non-hydrogen) atoms. The Hall–Kier alpha value is -4.22. The van der Waals surface area contributed by atoms with Crippen molar-refractivity contribution in [2.75, 3.05) is 31.7 Å². The molecule has 2 N–H and O–H groups in total. The highest BCUT2D eigenvalue weighted by atomic mass is 35.5. The van der Waals surface area contributed by atoms with Crippen molar-refractivity contribution in [3.63, 3.8) is 0 Å². The number of para-hydroxylation sites is 1. The Kier molecular flexibility index (Phi) is 14.2. The maximum atomic E-state index is 14.3. The van der Waals surface area contributed by atoms with Gasteiger partial charge in [0.15, 0.2) is 11.5 Å². The first-order valence-corrected chi connectivity index (χ1v) is 17.1. The van der Waals surface area contributed by atoms with Crippen LogP contribution in [0, 0.1) is 11.2 Å². The molecule has 2 heterocycles. The molecule has 0 fully saturated rings. The lowest BCUT2D eigenvalue weighted by Gasteiger charge is -2.31. The number of aromatic nitrogens is 1. The van der Waals surface area contributed by atoms with Crippen molar-refractivity contribution in [2.45, 2.75) is 58.9 Å². The van der Waals surface area contributed by atoms with Crippen LogP contribution in [0.3, 0.4) is 0 Å². The quantitative estimate of drug-likeness (QED) is 0.130. The molecule has 272 valence electrons. The van der Waals surface area contributed by atoms with E-state index in [0.29, 0.717) is 58.6 Å². The number of carbonyl (C=O) groups excluding carboxylic acids is 2. The van der Waals surface area contributed by atoms with E-state index in [1.807, 2.05) is 63.2 Å². The van der Waals surface area contributed by atoms with Gasteiger partial charge in [-0.25, -0.2) is 4.39 Å². The lowest BCUT2D eigenvalue weighted by atomic mass is 9.94. The first-order chi connectivity index (χ1) is 24.0. The van der Waals surface area contributed by atoms with Crippen LogP contribution in [0.4, 0.5) is 10.1 Å². The van der Waals surface area contributed by atoms with Gasteiger partial charge < -0.3 is 29.7 Å². The molecule has 1 aliphatic rings. The average molecular weight is 740 g/mol. The molecule has 1 aliphatic heterocycles. The predicted molar refractivity (Wildman–Crippen MR) is 199 cm³/mol. The van der Waals surface area contributed by atoms with Crippen molar-refractivity contribution in [3.8, 4) is 11.5 Å². The van der Waals surface area contributed by atoms with Crippen LogP contribution in [0.1, 0.15) is 62.1 Å². The van der Waals surface area contributed by atoms with Gasteiger partial charge in [0.1, 0.15) is 18.0 Å². The Bertz CT molecular complexity index is 1770. The molecule has 0 saturated heterocycles. The van der Waals surface area contributed by atoms with Crippen molar-refractivity contribution >= 4 is 41.5 Å². The van der Waals surface area contributed by atoms with E-state index >= 15 is 0 Å². The number of pyridine rings is 1. The number of rotatable bonds is 14. The number of amides is 2. The summed E-state index contributed by atoms with van der Waals surface area (Å²) in [6.45, 7) is 8.25. The number of carbonyl (C=O) groups is 2. The van der Waals surface area contributed by atoms with E-state index in [1.54, 1.807) is 48.5 Å². The summed E-state index contributed by atoms with van der Waals surface area (Å²) in [6, 6.07) is 22.9. The third kappa shape index (κ3) is 10.6. The van der Waals surface area contributed by atoms with Crippen LogP contribution in [0.5, 0.6) is 11.5 Å². The largest absolute Gasteiger partial charge is 0.492 e. The molecular formula is C39H45Cl2FN4O5. The Balaban J connectivity index is 0.00000583. The maximum Gasteiger partial charge on any atom is 0.256 e. The molecule has 2 unspecified atom stereocenters. The normalized spacial score (nSPS) is 15.7. The molecule has 1 aromatic heterocycles. The molecule has 0 radical (unpaired) electrons. The standard InChI is InChI=1S/C39H44ClFN4O5.ClH/c1-39(2,3)25-45-32-17-16-27(40)21-30(32)36(50-34(38(45)47)22-35(46)44-23-26-11-5-6-14-31(26)41)29-13-9-15-33(37(29)48-4)49-20-10-18-42-24-28-12-7-8-19-43-28;/h5-9,11-17,19,21,34,36,42H,10,18,20,22-25H2,1-4H3,(H,44,46);1H. The summed E-state index contributed by atoms with van der Waals surface area (Å²) < 4.78 is 33.0. The minimum Gasteiger partial charge on any atom is -0.492 e. The Morgan fingerprint density at radius 3 is 2.53 bits per heavy atom. The van der Waals surface area contributed by atoms with E-state index in [1.165, 1.54) is 6.07 Å². The summed E-state index contributed by atoms with van der Waals surface area (Å²) in [6.07, 6.45) is 0.205. The number of nitrogens with zero attached hydrogens (tertiary/aromatic N) is 2. The molecule has 12 heteroatoms. The molecule has 0 spiro atoms. The number of fused-ring (bicyclic) bond motifs is 1. The smallest absolute Gasteiger partial charge is 0.256 e. The van der Waals surface area contributed by atoms with Crippen LogP contribution in [0.25, 0.3) is 0 Å². The number of anilines is 1. The van der Waals surface area contributed by atoms with Gasteiger partial charge in [0.25, 0.3) is 5.91 Å². The van der Waals surface area contributed by atoms with Gasteiger partial charge in [0.05, 0.1) is 25.8 Å². The lowest BCUT2D eigenvalue weighted by Crippen LogP contribution is -2.45. The molecule has 9 nitrogen and oxygen atoms in total. The molecule has 3 aromatic carbocycles. The lowest BCUT2D eigenvalue weighted by molar-refractivity contribution is -0.138. The van der Waals surface area contributed by atoms with Crippen LogP contribution in [-0.2, 0) is 27.4 Å². The second-order valence-electron chi connectivity index (χ2n) is 13.3. The van der Waals surface area contributed by atoms with Gasteiger partial charge >= 0.3 is 0 Å². The molecule has 2 atom stereocenters. The summed E-state index contributed by atoms with van der Waals surface area (Å²) in [5, 5.41) is 6.59. The number of hydrogen-bond donors (Lipinski definition) is 2. The van der Waals surface area contributed by atoms with Gasteiger partial charge in [-0.2, -0.15) is 0 Å². The van der Waals surface area contributed by atoms with Gasteiger partial charge in [-0.1, -0.05) is 68.8 Å². The van der Waals surface area contributed by atoms with Crippen molar-refractivity contribution in [2.24, 2.45) is 5.41 Å². The van der Waals surface area contributed by atoms with Gasteiger partial charge in [0, 0.05) is 53.2 Å². The third-order valence-electron chi connectivity index (χ3n) is 8.13. The molecular weight excluding hydrogens is 694 g/mol. The Morgan fingerprint density at radius 2 is 1.80 bits per heavy atom. The first-order valence-electron chi connectivity index (χ1n) is 16.7. The van der Waals surface area contributed by atoms with Crippen LogP contribution < -0.4 is 25.0 Å². The highest BCUT2D eigenvalue weighted by molar-refractivity contribution is 6.30. The van der Waals surface area contributed by atoms with E-state index in [0.717, 1.165) is 18.7 Å². The van der Waals surface area contributed by atoms with E-state index in [4.69, 9.17) is 25.8 Å². The second-order valence-corrected chi connectivity index (χ2v) is 13.8. The van der Waals surface area contributed by atoms with Crippen LogP contribution in [-0.4, -0.2) is 49.7 Å². The molecule has 0 bridgehead atoms. The van der Waals surface area contributed by atoms with Gasteiger partial charge in [0.2, 0.25) is 5.91 Å². The fourth-order valence-electron chi connectivity index (χ4n) is 5.83. The van der Waals surface area contributed by atoms with Crippen LogP contribution >= 0.6 is 24.0 Å². The zero-order chi connectivity index (χ0) is 35.7. The highest BCUT2D eigenvalue weighted by Crippen LogP contribution is 2.45. The zero-order valence-electron chi connectivity index (χ0n) is 29.3. The Morgan fingerprint density at radius 1 is 1.02 bits per heavy atom. The highest BCUT2D eigenvalue weighted by Gasteiger charge is 2.40. The SMILES string of the molecule is COc1c(OCCCNCc2ccccn2)cccc1C1OC(CC(=O)NCc2ccccc2F)C(=O)N(CC(C)(C)C)c2ccc(Cl)cc21.Cl. The summed E-state index contributed by atoms with van der Waals surface area (Å²) >= 11 is 6.57. The maximum absolute atomic E-state index is 14.3. The molecule has 0 aliphatic carbocycles. The molecule has 4 aromatic rings. The first kappa shape index (κ1) is 39.6. The van der Waals surface area contributed by atoms with E-state index in [2.05, 4.69) is 15.6 Å². The number of ether oxygens (including phenoxy) is 3. The minimum absolute atomic E-state index is 0. The summed E-state index contributed by atoms with van der Waals surface area (Å²) in [5.74, 6) is -0.275. The molecule has 2 amide bonds. The second kappa shape index (κ2) is 18.3. The number of benzene rings is 3. The average Bonchev–Trinajstić information content (AvgIpc) is 3.19. The third-order valence-corrected chi connectivity index (χ3v) is 8.36. The Labute approximate surface area is 310 Å². The monoisotopic (exact) mass is 738 g/mol. The topological polar surface area (TPSA) is 102 Å². The summed E-state index contributed by atoms with van der Waals surface area (Å²) in [4.78, 5) is 33.6. The van der Waals surface area contributed by atoms with E-state index < -0.39 is 23.9 Å². The van der Waals surface area contributed by atoms with E-state index in [-0.39, 0.29) is 36.7 Å². The van der Waals surface area contributed by atoms with E-state index in [9.17, 15) is 14.0 Å². The zero-order valence-corrected chi connectivity index (χ0v) is 30.9. The van der Waals surface area contributed by atoms with Crippen LogP contribution in [0.15, 0.2) is 85.1 Å². The number of hydrogen-bond acceptors (Lipinski definition) is 7. The fraction of sp³-hybridized carbons (Fsp3) is 0.359. The molecule has 0 saturated carbocycles.